The van der Waals surface area contributed by atoms with E-state index in [4.69, 9.17) is 0 Å². The molecule has 0 radical (unpaired) electrons. The van der Waals surface area contributed by atoms with Gasteiger partial charge in [0, 0.05) is 31.3 Å². The molecule has 2 aliphatic carbocycles. The van der Waals surface area contributed by atoms with E-state index in [0.29, 0.717) is 37.3 Å². The molecule has 5 N–H and O–H groups in total. The molecule has 0 spiro atoms. The molecule has 0 saturated heterocycles. The van der Waals surface area contributed by atoms with E-state index in [1.807, 2.05) is 19.2 Å². The van der Waals surface area contributed by atoms with Crippen LogP contribution in [-0.2, 0) is 16.0 Å². The van der Waals surface area contributed by atoms with Gasteiger partial charge < -0.3 is 30.6 Å². The summed E-state index contributed by atoms with van der Waals surface area (Å²) in [5.41, 5.74) is 0.225. The standard InChI is InChI=1S/C33H57N3O6S/c1-23(2)15-28(37)30(39)27(16-24-11-7-5-8-12-24)36(21-33(42)13-9-6-10-14-33)31(40)25(17-26-19-43-22-35-26)18-29(38)34-20-32(3,4)41/h19,22-25,27-28,30,37,39,41-42H,5-18,20-21H2,1-4H3,(H,34,38)/t25-,27+,28+,30-/m1/s1. The average molecular weight is 624 g/mol. The Bertz CT molecular complexity index is 970. The van der Waals surface area contributed by atoms with Gasteiger partial charge in [-0.2, -0.15) is 0 Å². The summed E-state index contributed by atoms with van der Waals surface area (Å²) in [4.78, 5) is 33.9. The third kappa shape index (κ3) is 12.0. The van der Waals surface area contributed by atoms with Crippen molar-refractivity contribution in [1.82, 2.24) is 15.2 Å². The molecular weight excluding hydrogens is 566 g/mol. The lowest BCUT2D eigenvalue weighted by atomic mass is 9.79. The predicted octanol–water partition coefficient (Wildman–Crippen LogP) is 4.21. The van der Waals surface area contributed by atoms with E-state index < -0.39 is 35.4 Å². The first-order valence-electron chi connectivity index (χ1n) is 16.5. The van der Waals surface area contributed by atoms with Crippen molar-refractivity contribution in [3.63, 3.8) is 0 Å². The van der Waals surface area contributed by atoms with Crippen molar-refractivity contribution in [2.45, 2.75) is 147 Å². The number of hydrogen-bond acceptors (Lipinski definition) is 8. The van der Waals surface area contributed by atoms with E-state index in [0.717, 1.165) is 44.9 Å². The summed E-state index contributed by atoms with van der Waals surface area (Å²) < 4.78 is 0. The van der Waals surface area contributed by atoms with Gasteiger partial charge in [0.15, 0.2) is 0 Å². The molecule has 4 atom stereocenters. The van der Waals surface area contributed by atoms with Gasteiger partial charge in [0.25, 0.3) is 0 Å². The number of amides is 2. The van der Waals surface area contributed by atoms with Crippen LogP contribution in [0.3, 0.4) is 0 Å². The molecule has 2 fully saturated rings. The monoisotopic (exact) mass is 623 g/mol. The normalized spacial score (nSPS) is 20.8. The first-order valence-corrected chi connectivity index (χ1v) is 17.5. The van der Waals surface area contributed by atoms with E-state index in [1.165, 1.54) is 17.8 Å². The lowest BCUT2D eigenvalue weighted by Gasteiger charge is -2.45. The van der Waals surface area contributed by atoms with Crippen LogP contribution in [0, 0.1) is 17.8 Å². The molecule has 246 valence electrons. The van der Waals surface area contributed by atoms with Crippen LogP contribution in [0.25, 0.3) is 0 Å². The molecule has 1 aromatic rings. The van der Waals surface area contributed by atoms with E-state index in [2.05, 4.69) is 10.3 Å². The lowest BCUT2D eigenvalue weighted by molar-refractivity contribution is -0.153. The minimum atomic E-state index is -1.18. The Morgan fingerprint density at radius 1 is 1.12 bits per heavy atom. The summed E-state index contributed by atoms with van der Waals surface area (Å²) in [5, 5.41) is 49.4. The molecule has 9 nitrogen and oxygen atoms in total. The van der Waals surface area contributed by atoms with Gasteiger partial charge in [-0.25, -0.2) is 4.98 Å². The Balaban J connectivity index is 1.99. The molecule has 0 aliphatic heterocycles. The maximum absolute atomic E-state index is 14.7. The number of aliphatic hydroxyl groups excluding tert-OH is 2. The SMILES string of the molecule is CC(C)C[C@H](O)[C@H](O)[C@H](CC1CCCCC1)N(CC1(O)CCCCC1)C(=O)[C@@H](CC(=O)NCC(C)(C)O)Cc1cscn1. The number of carbonyl (C=O) groups excluding carboxylic acids is 2. The van der Waals surface area contributed by atoms with Crippen molar-refractivity contribution >= 4 is 23.2 Å². The first kappa shape index (κ1) is 35.9. The summed E-state index contributed by atoms with van der Waals surface area (Å²) >= 11 is 1.42. The molecule has 10 heteroatoms. The van der Waals surface area contributed by atoms with E-state index in [9.17, 15) is 30.0 Å². The quantitative estimate of drug-likeness (QED) is 0.186. The van der Waals surface area contributed by atoms with Gasteiger partial charge >= 0.3 is 0 Å². The number of rotatable bonds is 16. The molecule has 0 bridgehead atoms. The highest BCUT2D eigenvalue weighted by Gasteiger charge is 2.43. The fourth-order valence-corrected chi connectivity index (χ4v) is 7.39. The van der Waals surface area contributed by atoms with Crippen LogP contribution in [0.4, 0.5) is 0 Å². The van der Waals surface area contributed by atoms with Crippen LogP contribution in [0.2, 0.25) is 0 Å². The summed E-state index contributed by atoms with van der Waals surface area (Å²) in [7, 11) is 0. The average Bonchev–Trinajstić information content (AvgIpc) is 3.46. The molecule has 1 heterocycles. The van der Waals surface area contributed by atoms with Crippen LogP contribution < -0.4 is 5.32 Å². The van der Waals surface area contributed by atoms with Crippen molar-refractivity contribution in [2.24, 2.45) is 17.8 Å². The smallest absolute Gasteiger partial charge is 0.227 e. The summed E-state index contributed by atoms with van der Waals surface area (Å²) in [6.45, 7) is 7.33. The topological polar surface area (TPSA) is 143 Å². The highest BCUT2D eigenvalue weighted by atomic mass is 32.1. The zero-order valence-electron chi connectivity index (χ0n) is 26.8. The number of carbonyl (C=O) groups is 2. The van der Waals surface area contributed by atoms with Crippen LogP contribution in [-0.4, -0.2) is 84.7 Å². The number of hydrogen-bond donors (Lipinski definition) is 5. The molecular formula is C33H57N3O6S. The predicted molar refractivity (Wildman–Crippen MR) is 169 cm³/mol. The Morgan fingerprint density at radius 2 is 1.77 bits per heavy atom. The molecule has 1 aromatic heterocycles. The molecule has 2 saturated carbocycles. The highest BCUT2D eigenvalue weighted by Crippen LogP contribution is 2.35. The van der Waals surface area contributed by atoms with Gasteiger partial charge in [-0.15, -0.1) is 11.3 Å². The summed E-state index contributed by atoms with van der Waals surface area (Å²) in [6.07, 6.45) is 8.21. The van der Waals surface area contributed by atoms with Crippen LogP contribution in [0.15, 0.2) is 10.9 Å². The van der Waals surface area contributed by atoms with Crippen LogP contribution in [0.1, 0.15) is 117 Å². The van der Waals surface area contributed by atoms with E-state index >= 15 is 0 Å². The molecule has 0 aromatic carbocycles. The van der Waals surface area contributed by atoms with Gasteiger partial charge in [-0.1, -0.05) is 65.2 Å². The lowest BCUT2D eigenvalue weighted by Crippen LogP contribution is -2.58. The minimum Gasteiger partial charge on any atom is -0.390 e. The largest absolute Gasteiger partial charge is 0.390 e. The van der Waals surface area contributed by atoms with Crippen LogP contribution >= 0.6 is 11.3 Å². The highest BCUT2D eigenvalue weighted by molar-refractivity contribution is 7.07. The first-order chi connectivity index (χ1) is 20.3. The minimum absolute atomic E-state index is 0.0529. The van der Waals surface area contributed by atoms with Crippen molar-refractivity contribution < 1.29 is 30.0 Å². The summed E-state index contributed by atoms with van der Waals surface area (Å²) in [5.74, 6) is -0.968. The fourth-order valence-electron chi connectivity index (χ4n) is 6.82. The van der Waals surface area contributed by atoms with Crippen molar-refractivity contribution in [3.05, 3.63) is 16.6 Å². The molecule has 2 amide bonds. The second-order valence-corrected chi connectivity index (χ2v) is 15.1. The molecule has 2 aliphatic rings. The molecule has 0 unspecified atom stereocenters. The van der Waals surface area contributed by atoms with E-state index in [1.54, 1.807) is 24.3 Å². The third-order valence-corrected chi connectivity index (χ3v) is 9.81. The molecule has 3 rings (SSSR count). The maximum Gasteiger partial charge on any atom is 0.227 e. The maximum atomic E-state index is 14.7. The zero-order valence-corrected chi connectivity index (χ0v) is 27.7. The second kappa shape index (κ2) is 16.6. The number of thiazole rings is 1. The van der Waals surface area contributed by atoms with Gasteiger partial charge in [-0.05, 0) is 51.4 Å². The van der Waals surface area contributed by atoms with Gasteiger partial charge in [0.1, 0.15) is 6.10 Å². The summed E-state index contributed by atoms with van der Waals surface area (Å²) in [6, 6.07) is -0.687. The fraction of sp³-hybridized carbons (Fsp3) is 0.848. The Hall–Kier alpha value is -1.59. The van der Waals surface area contributed by atoms with Crippen molar-refractivity contribution in [3.8, 4) is 0 Å². The Kier molecular flexibility index (Phi) is 13.9. The van der Waals surface area contributed by atoms with Gasteiger partial charge in [0.2, 0.25) is 11.8 Å². The number of aromatic nitrogens is 1. The number of nitrogens with one attached hydrogen (secondary N) is 1. The van der Waals surface area contributed by atoms with Crippen molar-refractivity contribution in [2.75, 3.05) is 13.1 Å². The Labute approximate surface area is 262 Å². The molecule has 43 heavy (non-hydrogen) atoms. The van der Waals surface area contributed by atoms with E-state index in [-0.39, 0.29) is 43.7 Å². The zero-order chi connectivity index (χ0) is 31.6. The van der Waals surface area contributed by atoms with Crippen LogP contribution in [0.5, 0.6) is 0 Å². The number of aliphatic hydroxyl groups is 4. The Morgan fingerprint density at radius 3 is 2.35 bits per heavy atom. The second-order valence-electron chi connectivity index (χ2n) is 14.4. The third-order valence-electron chi connectivity index (χ3n) is 9.17. The van der Waals surface area contributed by atoms with Gasteiger partial charge in [0.05, 0.1) is 40.5 Å². The number of nitrogens with zero attached hydrogens (tertiary/aromatic N) is 2. The van der Waals surface area contributed by atoms with Crippen molar-refractivity contribution in [1.29, 1.82) is 0 Å². The van der Waals surface area contributed by atoms with Gasteiger partial charge in [-0.3, -0.25) is 9.59 Å².